The summed E-state index contributed by atoms with van der Waals surface area (Å²) in [6.07, 6.45) is 4.37. The van der Waals surface area contributed by atoms with Gasteiger partial charge in [-0.1, -0.05) is 6.42 Å². The van der Waals surface area contributed by atoms with E-state index in [1.54, 1.807) is 0 Å². The third kappa shape index (κ3) is 1.34. The van der Waals surface area contributed by atoms with Crippen LogP contribution in [0.4, 0.5) is 0 Å². The maximum Gasteiger partial charge on any atom is 0.0596 e. The maximum absolute atomic E-state index is 4.62. The molecule has 2 saturated carbocycles. The highest BCUT2D eigenvalue weighted by molar-refractivity contribution is 5.26. The molecule has 1 heterocycles. The molecule has 3 rings (SSSR count). The van der Waals surface area contributed by atoms with Gasteiger partial charge in [0, 0.05) is 17.7 Å². The van der Waals surface area contributed by atoms with Crippen LogP contribution in [0.5, 0.6) is 0 Å². The summed E-state index contributed by atoms with van der Waals surface area (Å²) < 4.78 is 2.25. The van der Waals surface area contributed by atoms with Crippen LogP contribution in [0.25, 0.3) is 0 Å². The van der Waals surface area contributed by atoms with Gasteiger partial charge in [0.2, 0.25) is 0 Å². The fourth-order valence-electron chi connectivity index (χ4n) is 3.46. The number of hydrogen-bond acceptors (Lipinski definition) is 1. The van der Waals surface area contributed by atoms with Crippen LogP contribution in [-0.4, -0.2) is 9.78 Å². The number of aromatic nitrogens is 2. The fraction of sp³-hybridized carbons (Fsp3) is 0.769. The zero-order chi connectivity index (χ0) is 10.6. The summed E-state index contributed by atoms with van der Waals surface area (Å²) in [5.41, 5.74) is 2.70. The van der Waals surface area contributed by atoms with Crippen molar-refractivity contribution in [2.24, 2.45) is 11.8 Å². The summed E-state index contributed by atoms with van der Waals surface area (Å²) >= 11 is 0. The van der Waals surface area contributed by atoms with Gasteiger partial charge in [-0.15, -0.1) is 0 Å². The number of fused-ring (bicyclic) bond motifs is 1. The lowest BCUT2D eigenvalue weighted by Gasteiger charge is -2.11. The Hall–Kier alpha value is -0.790. The quantitative estimate of drug-likeness (QED) is 0.723. The predicted octanol–water partition coefficient (Wildman–Crippen LogP) is 3.29. The van der Waals surface area contributed by atoms with Crippen LogP contribution in [0.2, 0.25) is 0 Å². The molecular weight excluding hydrogens is 184 g/mol. The summed E-state index contributed by atoms with van der Waals surface area (Å²) in [5.74, 6) is 2.85. The van der Waals surface area contributed by atoms with Gasteiger partial charge in [0.25, 0.3) is 0 Å². The zero-order valence-corrected chi connectivity index (χ0v) is 9.90. The summed E-state index contributed by atoms with van der Waals surface area (Å²) in [4.78, 5) is 0. The second-order valence-corrected chi connectivity index (χ2v) is 5.53. The summed E-state index contributed by atoms with van der Waals surface area (Å²) in [7, 11) is 0. The van der Waals surface area contributed by atoms with Crippen LogP contribution in [0.15, 0.2) is 6.07 Å². The molecular formula is C13H20N2. The van der Waals surface area contributed by atoms with Gasteiger partial charge in [0.05, 0.1) is 5.69 Å². The normalized spacial score (nSPS) is 33.5. The number of nitrogens with zero attached hydrogens (tertiary/aromatic N) is 2. The van der Waals surface area contributed by atoms with Gasteiger partial charge in [-0.3, -0.25) is 4.68 Å². The van der Waals surface area contributed by atoms with Gasteiger partial charge in [-0.2, -0.15) is 5.10 Å². The van der Waals surface area contributed by atoms with Crippen molar-refractivity contribution in [1.82, 2.24) is 9.78 Å². The largest absolute Gasteiger partial charge is 0.267 e. The first-order chi connectivity index (χ1) is 7.18. The van der Waals surface area contributed by atoms with Crippen molar-refractivity contribution in [2.75, 3.05) is 0 Å². The molecule has 0 amide bonds. The predicted molar refractivity (Wildman–Crippen MR) is 60.9 cm³/mol. The highest BCUT2D eigenvalue weighted by atomic mass is 15.3. The van der Waals surface area contributed by atoms with Crippen molar-refractivity contribution in [2.45, 2.75) is 52.0 Å². The molecule has 0 N–H and O–H groups in total. The van der Waals surface area contributed by atoms with E-state index in [1.165, 1.54) is 30.7 Å². The minimum atomic E-state index is 0.509. The van der Waals surface area contributed by atoms with E-state index in [0.717, 1.165) is 17.8 Å². The molecule has 2 heteroatoms. The standard InChI is InChI=1S/C13H20N2/c1-8(2)15-12(7-9(3)14-15)13-10-5-4-6-11(10)13/h7-8,10-11,13H,4-6H2,1-3H3. The van der Waals surface area contributed by atoms with Gasteiger partial charge in [0.1, 0.15) is 0 Å². The highest BCUT2D eigenvalue weighted by Gasteiger charge is 2.54. The van der Waals surface area contributed by atoms with E-state index >= 15 is 0 Å². The smallest absolute Gasteiger partial charge is 0.0596 e. The number of hydrogen-bond donors (Lipinski definition) is 0. The third-order valence-electron chi connectivity index (χ3n) is 4.12. The van der Waals surface area contributed by atoms with E-state index in [-0.39, 0.29) is 0 Å². The van der Waals surface area contributed by atoms with Crippen molar-refractivity contribution >= 4 is 0 Å². The minimum absolute atomic E-state index is 0.509. The molecule has 82 valence electrons. The molecule has 2 aliphatic carbocycles. The molecule has 0 radical (unpaired) electrons. The molecule has 2 atom stereocenters. The lowest BCUT2D eigenvalue weighted by atomic mass is 10.1. The molecule has 2 unspecified atom stereocenters. The Labute approximate surface area is 91.7 Å². The van der Waals surface area contributed by atoms with E-state index < -0.39 is 0 Å². The van der Waals surface area contributed by atoms with E-state index in [1.807, 2.05) is 0 Å². The third-order valence-corrected chi connectivity index (χ3v) is 4.12. The minimum Gasteiger partial charge on any atom is -0.267 e. The molecule has 0 bridgehead atoms. The molecule has 0 saturated heterocycles. The average Bonchev–Trinajstić information content (AvgIpc) is 2.62. The van der Waals surface area contributed by atoms with Crippen molar-refractivity contribution in [1.29, 1.82) is 0 Å². The van der Waals surface area contributed by atoms with Crippen LogP contribution in [0.3, 0.4) is 0 Å². The summed E-state index contributed by atoms with van der Waals surface area (Å²) in [6.45, 7) is 6.57. The average molecular weight is 204 g/mol. The Balaban J connectivity index is 1.91. The lowest BCUT2D eigenvalue weighted by molar-refractivity contribution is 0.494. The van der Waals surface area contributed by atoms with Gasteiger partial charge >= 0.3 is 0 Å². The maximum atomic E-state index is 4.62. The molecule has 15 heavy (non-hydrogen) atoms. The molecule has 2 nitrogen and oxygen atoms in total. The Morgan fingerprint density at radius 1 is 1.33 bits per heavy atom. The van der Waals surface area contributed by atoms with Crippen LogP contribution in [0, 0.1) is 18.8 Å². The van der Waals surface area contributed by atoms with Crippen LogP contribution in [-0.2, 0) is 0 Å². The second kappa shape index (κ2) is 3.10. The molecule has 0 spiro atoms. The Bertz CT molecular complexity index is 368. The first kappa shape index (κ1) is 9.44. The van der Waals surface area contributed by atoms with E-state index in [4.69, 9.17) is 0 Å². The van der Waals surface area contributed by atoms with Crippen LogP contribution >= 0.6 is 0 Å². The summed E-state index contributed by atoms with van der Waals surface area (Å²) in [6, 6.07) is 2.82. The van der Waals surface area contributed by atoms with Gasteiger partial charge in [-0.05, 0) is 51.5 Å². The van der Waals surface area contributed by atoms with Crippen LogP contribution < -0.4 is 0 Å². The van der Waals surface area contributed by atoms with Crippen molar-refractivity contribution in [3.63, 3.8) is 0 Å². The Morgan fingerprint density at radius 2 is 2.00 bits per heavy atom. The highest BCUT2D eigenvalue weighted by Crippen LogP contribution is 2.63. The second-order valence-electron chi connectivity index (χ2n) is 5.53. The number of rotatable bonds is 2. The molecule has 1 aromatic heterocycles. The SMILES string of the molecule is Cc1cc(C2C3CCCC32)n(C(C)C)n1. The van der Waals surface area contributed by atoms with E-state index in [9.17, 15) is 0 Å². The van der Waals surface area contributed by atoms with E-state index in [0.29, 0.717) is 6.04 Å². The Morgan fingerprint density at radius 3 is 2.60 bits per heavy atom. The van der Waals surface area contributed by atoms with E-state index in [2.05, 4.69) is 36.6 Å². The van der Waals surface area contributed by atoms with Crippen molar-refractivity contribution < 1.29 is 0 Å². The first-order valence-electron chi connectivity index (χ1n) is 6.24. The molecule has 2 aliphatic rings. The van der Waals surface area contributed by atoms with Crippen molar-refractivity contribution in [3.8, 4) is 0 Å². The molecule has 0 aliphatic heterocycles. The van der Waals surface area contributed by atoms with Gasteiger partial charge < -0.3 is 0 Å². The monoisotopic (exact) mass is 204 g/mol. The lowest BCUT2D eigenvalue weighted by Crippen LogP contribution is -2.08. The van der Waals surface area contributed by atoms with Gasteiger partial charge in [-0.25, -0.2) is 0 Å². The van der Waals surface area contributed by atoms with Crippen LogP contribution in [0.1, 0.15) is 56.5 Å². The Kier molecular flexibility index (Phi) is 1.95. The fourth-order valence-corrected chi connectivity index (χ4v) is 3.46. The molecule has 0 aromatic carbocycles. The topological polar surface area (TPSA) is 17.8 Å². The molecule has 2 fully saturated rings. The number of aryl methyl sites for hydroxylation is 1. The van der Waals surface area contributed by atoms with Gasteiger partial charge in [0.15, 0.2) is 0 Å². The molecule has 1 aromatic rings. The first-order valence-corrected chi connectivity index (χ1v) is 6.24. The van der Waals surface area contributed by atoms with Crippen molar-refractivity contribution in [3.05, 3.63) is 17.5 Å². The summed E-state index contributed by atoms with van der Waals surface area (Å²) in [5, 5.41) is 4.62. The zero-order valence-electron chi connectivity index (χ0n) is 9.90.